The molecule has 4 rings (SSSR count). The van der Waals surface area contributed by atoms with Crippen molar-refractivity contribution in [2.45, 2.75) is 12.0 Å². The van der Waals surface area contributed by atoms with Gasteiger partial charge in [-0.1, -0.05) is 0 Å². The molecule has 1 atom stereocenters. The lowest BCUT2D eigenvalue weighted by atomic mass is 9.93. The number of amides is 2. The maximum Gasteiger partial charge on any atom is 0.254 e. The molecule has 0 saturated carbocycles. The maximum atomic E-state index is 12.8. The van der Waals surface area contributed by atoms with E-state index in [1.807, 2.05) is 25.2 Å². The first-order valence-electron chi connectivity index (χ1n) is 8.68. The minimum atomic E-state index is -0.230. The van der Waals surface area contributed by atoms with Gasteiger partial charge in [-0.2, -0.15) is 5.10 Å². The molecule has 2 fully saturated rings. The van der Waals surface area contributed by atoms with Crippen LogP contribution in [0.25, 0.3) is 0 Å². The number of carbonyl (C=O) groups is 2. The lowest BCUT2D eigenvalue weighted by molar-refractivity contribution is -0.123. The van der Waals surface area contributed by atoms with Gasteiger partial charge in [-0.05, 0) is 25.6 Å². The van der Waals surface area contributed by atoms with Crippen LogP contribution in [-0.2, 0) is 11.8 Å². The summed E-state index contributed by atoms with van der Waals surface area (Å²) in [6, 6.07) is 3.48. The van der Waals surface area contributed by atoms with Gasteiger partial charge in [0.2, 0.25) is 5.91 Å². The number of aryl methyl sites for hydroxylation is 1. The van der Waals surface area contributed by atoms with E-state index in [1.165, 1.54) is 0 Å². The van der Waals surface area contributed by atoms with Crippen molar-refractivity contribution in [1.82, 2.24) is 24.6 Å². The first kappa shape index (κ1) is 16.7. The number of likely N-dealkylation sites (N-methyl/N-ethyl adjacent to an activating group) is 1. The number of carbonyl (C=O) groups excluding carboxylic acids is 2. The Bertz CT molecular complexity index is 835. The van der Waals surface area contributed by atoms with E-state index in [0.29, 0.717) is 31.7 Å². The Hall–Kier alpha value is -2.74. The number of likely N-dealkylation sites (tertiary alicyclic amines) is 1. The normalized spacial score (nSPS) is 23.8. The standard InChI is InChI=1S/C18H22N6O2/c1-21-11-16(25)24(15-9-20-22(2)10-15)13-18(21)5-8-23(12-18)17(26)14-3-6-19-7-4-14/h3-4,6-7,9-10H,5,8,11-13H2,1-2H3/t18-/m1/s1. The van der Waals surface area contributed by atoms with Gasteiger partial charge in [0.15, 0.2) is 0 Å². The van der Waals surface area contributed by atoms with Gasteiger partial charge in [-0.3, -0.25) is 24.2 Å². The lowest BCUT2D eigenvalue weighted by Gasteiger charge is -2.46. The van der Waals surface area contributed by atoms with Crippen molar-refractivity contribution in [1.29, 1.82) is 0 Å². The number of nitrogens with zero attached hydrogens (tertiary/aromatic N) is 6. The van der Waals surface area contributed by atoms with Crippen LogP contribution in [0, 0.1) is 0 Å². The van der Waals surface area contributed by atoms with E-state index in [9.17, 15) is 9.59 Å². The molecule has 4 heterocycles. The number of hydrogen-bond acceptors (Lipinski definition) is 5. The highest BCUT2D eigenvalue weighted by molar-refractivity contribution is 5.96. The molecule has 2 aliphatic heterocycles. The second-order valence-electron chi connectivity index (χ2n) is 7.15. The number of hydrogen-bond donors (Lipinski definition) is 0. The Kier molecular flexibility index (Phi) is 3.99. The van der Waals surface area contributed by atoms with Crippen LogP contribution in [0.2, 0.25) is 0 Å². The summed E-state index contributed by atoms with van der Waals surface area (Å²) in [6.45, 7) is 2.19. The molecule has 0 aliphatic carbocycles. The molecule has 0 radical (unpaired) electrons. The first-order valence-corrected chi connectivity index (χ1v) is 8.68. The number of piperazine rings is 1. The fourth-order valence-electron chi connectivity index (χ4n) is 3.89. The molecule has 0 unspecified atom stereocenters. The largest absolute Gasteiger partial charge is 0.337 e. The van der Waals surface area contributed by atoms with E-state index < -0.39 is 0 Å². The van der Waals surface area contributed by atoms with Crippen LogP contribution in [0.4, 0.5) is 5.69 Å². The Morgan fingerprint density at radius 2 is 1.96 bits per heavy atom. The molecule has 0 N–H and O–H groups in total. The van der Waals surface area contributed by atoms with E-state index in [0.717, 1.165) is 12.1 Å². The predicted octanol–water partition coefficient (Wildman–Crippen LogP) is 0.378. The van der Waals surface area contributed by atoms with Crippen LogP contribution in [0.15, 0.2) is 36.9 Å². The lowest BCUT2D eigenvalue weighted by Crippen LogP contribution is -2.64. The van der Waals surface area contributed by atoms with Gasteiger partial charge in [-0.15, -0.1) is 0 Å². The summed E-state index contributed by atoms with van der Waals surface area (Å²) in [5.74, 6) is 0.0764. The molecule has 2 aliphatic rings. The van der Waals surface area contributed by atoms with Crippen molar-refractivity contribution in [3.63, 3.8) is 0 Å². The molecule has 136 valence electrons. The van der Waals surface area contributed by atoms with Crippen molar-refractivity contribution in [2.24, 2.45) is 7.05 Å². The third-order valence-corrected chi connectivity index (χ3v) is 5.49. The van der Waals surface area contributed by atoms with E-state index in [4.69, 9.17) is 0 Å². The summed E-state index contributed by atoms with van der Waals surface area (Å²) in [4.78, 5) is 35.1. The van der Waals surface area contributed by atoms with Crippen molar-refractivity contribution < 1.29 is 9.59 Å². The Labute approximate surface area is 152 Å². The SMILES string of the molecule is CN1CC(=O)N(c2cnn(C)c2)C[C@]12CCN(C(=O)c1ccncc1)C2. The maximum absolute atomic E-state index is 12.8. The summed E-state index contributed by atoms with van der Waals surface area (Å²) in [5, 5.41) is 4.18. The van der Waals surface area contributed by atoms with Gasteiger partial charge in [0.1, 0.15) is 0 Å². The molecule has 0 bridgehead atoms. The van der Waals surface area contributed by atoms with E-state index in [2.05, 4.69) is 15.0 Å². The molecule has 0 aromatic carbocycles. The van der Waals surface area contributed by atoms with Crippen molar-refractivity contribution in [3.05, 3.63) is 42.5 Å². The highest BCUT2D eigenvalue weighted by Gasteiger charge is 2.48. The van der Waals surface area contributed by atoms with Crippen LogP contribution in [-0.4, -0.2) is 75.1 Å². The van der Waals surface area contributed by atoms with Crippen LogP contribution in [0.5, 0.6) is 0 Å². The van der Waals surface area contributed by atoms with Crippen molar-refractivity contribution >= 4 is 17.5 Å². The van der Waals surface area contributed by atoms with Crippen LogP contribution in [0.1, 0.15) is 16.8 Å². The quantitative estimate of drug-likeness (QED) is 0.779. The molecule has 2 aromatic rings. The summed E-state index contributed by atoms with van der Waals surface area (Å²) in [5.41, 5.74) is 1.23. The summed E-state index contributed by atoms with van der Waals surface area (Å²) in [7, 11) is 3.81. The van der Waals surface area contributed by atoms with Gasteiger partial charge >= 0.3 is 0 Å². The average Bonchev–Trinajstić information content (AvgIpc) is 3.26. The second kappa shape index (κ2) is 6.21. The van der Waals surface area contributed by atoms with E-state index >= 15 is 0 Å². The zero-order valence-corrected chi connectivity index (χ0v) is 15.0. The summed E-state index contributed by atoms with van der Waals surface area (Å²) < 4.78 is 1.70. The van der Waals surface area contributed by atoms with Gasteiger partial charge in [0, 0.05) is 50.8 Å². The van der Waals surface area contributed by atoms with Gasteiger partial charge < -0.3 is 9.80 Å². The first-order chi connectivity index (χ1) is 12.5. The third-order valence-electron chi connectivity index (χ3n) is 5.49. The molecular weight excluding hydrogens is 332 g/mol. The van der Waals surface area contributed by atoms with Gasteiger partial charge in [-0.25, -0.2) is 0 Å². The van der Waals surface area contributed by atoms with E-state index in [1.54, 1.807) is 40.3 Å². The summed E-state index contributed by atoms with van der Waals surface area (Å²) >= 11 is 0. The van der Waals surface area contributed by atoms with Crippen molar-refractivity contribution in [3.8, 4) is 0 Å². The molecule has 8 nitrogen and oxygen atoms in total. The molecule has 1 spiro atoms. The number of pyridine rings is 1. The van der Waals surface area contributed by atoms with Crippen LogP contribution in [0.3, 0.4) is 0 Å². The Morgan fingerprint density at radius 1 is 1.19 bits per heavy atom. The van der Waals surface area contributed by atoms with Crippen molar-refractivity contribution in [2.75, 3.05) is 38.1 Å². The molecular formula is C18H22N6O2. The van der Waals surface area contributed by atoms with E-state index in [-0.39, 0.29) is 17.4 Å². The zero-order chi connectivity index (χ0) is 18.3. The van der Waals surface area contributed by atoms with Crippen LogP contribution >= 0.6 is 0 Å². The number of rotatable bonds is 2. The number of aromatic nitrogens is 3. The van der Waals surface area contributed by atoms with Gasteiger partial charge in [0.05, 0.1) is 24.0 Å². The minimum Gasteiger partial charge on any atom is -0.337 e. The van der Waals surface area contributed by atoms with Crippen LogP contribution < -0.4 is 4.90 Å². The third kappa shape index (κ3) is 2.76. The number of anilines is 1. The highest BCUT2D eigenvalue weighted by atomic mass is 16.2. The summed E-state index contributed by atoms with van der Waals surface area (Å²) in [6.07, 6.45) is 7.67. The second-order valence-corrected chi connectivity index (χ2v) is 7.15. The highest BCUT2D eigenvalue weighted by Crippen LogP contribution is 2.33. The molecule has 26 heavy (non-hydrogen) atoms. The Balaban J connectivity index is 1.56. The topological polar surface area (TPSA) is 74.6 Å². The monoisotopic (exact) mass is 354 g/mol. The average molecular weight is 354 g/mol. The minimum absolute atomic E-state index is 0.0162. The zero-order valence-electron chi connectivity index (χ0n) is 15.0. The fraction of sp³-hybridized carbons (Fsp3) is 0.444. The molecule has 2 aromatic heterocycles. The molecule has 2 saturated heterocycles. The fourth-order valence-corrected chi connectivity index (χ4v) is 3.89. The molecule has 2 amide bonds. The predicted molar refractivity (Wildman–Crippen MR) is 95.7 cm³/mol. The molecule has 8 heteroatoms. The smallest absolute Gasteiger partial charge is 0.254 e. The Morgan fingerprint density at radius 3 is 2.65 bits per heavy atom. The van der Waals surface area contributed by atoms with Gasteiger partial charge in [0.25, 0.3) is 5.91 Å².